The maximum absolute atomic E-state index is 13.0. The van der Waals surface area contributed by atoms with Crippen LogP contribution in [0.15, 0.2) is 30.3 Å². The number of hydrogen-bond acceptors (Lipinski definition) is 9. The van der Waals surface area contributed by atoms with Crippen LogP contribution in [0.2, 0.25) is 0 Å². The highest BCUT2D eigenvalue weighted by molar-refractivity contribution is 5.87. The molecule has 2 aromatic rings. The second-order valence-corrected chi connectivity index (χ2v) is 11.7. The minimum atomic E-state index is -0.700. The molecule has 2 bridgehead atoms. The molecular formula is C34H48N4O8. The van der Waals surface area contributed by atoms with Crippen molar-refractivity contribution >= 4 is 17.7 Å². The van der Waals surface area contributed by atoms with E-state index in [-0.39, 0.29) is 18.4 Å². The molecule has 2 aliphatic heterocycles. The molecule has 0 saturated heterocycles. The molecule has 0 spiro atoms. The Kier molecular flexibility index (Phi) is 13.2. The first kappa shape index (κ1) is 34.7. The van der Waals surface area contributed by atoms with E-state index in [4.69, 9.17) is 23.7 Å². The summed E-state index contributed by atoms with van der Waals surface area (Å²) in [5.41, 5.74) is 1.88. The molecule has 0 unspecified atom stereocenters. The molecular weight excluding hydrogens is 592 g/mol. The average Bonchev–Trinajstić information content (AvgIpc) is 3.29. The zero-order chi connectivity index (χ0) is 32.9. The molecule has 0 saturated carbocycles. The van der Waals surface area contributed by atoms with Crippen molar-refractivity contribution in [3.8, 4) is 28.7 Å². The molecule has 3 amide bonds. The number of carbonyl (C=O) groups excluding carboxylic acids is 3. The van der Waals surface area contributed by atoms with Gasteiger partial charge in [-0.15, -0.1) is 0 Å². The molecule has 4 rings (SSSR count). The number of benzene rings is 2. The molecule has 0 aliphatic carbocycles. The first-order valence-corrected chi connectivity index (χ1v) is 16.1. The van der Waals surface area contributed by atoms with Gasteiger partial charge in [-0.1, -0.05) is 6.07 Å². The first-order valence-electron chi connectivity index (χ1n) is 16.1. The first-order chi connectivity index (χ1) is 22.3. The van der Waals surface area contributed by atoms with Gasteiger partial charge in [0.2, 0.25) is 11.8 Å². The number of hydrogen-bond donors (Lipinski definition) is 2. The predicted octanol–water partition coefficient (Wildman–Crippen LogP) is 2.94. The maximum atomic E-state index is 13.0. The molecule has 12 heteroatoms. The highest BCUT2D eigenvalue weighted by Crippen LogP contribution is 2.37. The Balaban J connectivity index is 1.46. The van der Waals surface area contributed by atoms with Gasteiger partial charge in [-0.05, 0) is 62.9 Å². The van der Waals surface area contributed by atoms with Gasteiger partial charge < -0.3 is 39.2 Å². The van der Waals surface area contributed by atoms with E-state index in [9.17, 15) is 14.4 Å². The molecule has 2 heterocycles. The van der Waals surface area contributed by atoms with Crippen molar-refractivity contribution in [3.05, 3.63) is 41.5 Å². The lowest BCUT2D eigenvalue weighted by Crippen LogP contribution is -2.47. The van der Waals surface area contributed by atoms with E-state index >= 15 is 0 Å². The lowest BCUT2D eigenvalue weighted by molar-refractivity contribution is -0.135. The van der Waals surface area contributed by atoms with Gasteiger partial charge in [-0.2, -0.15) is 0 Å². The summed E-state index contributed by atoms with van der Waals surface area (Å²) in [4.78, 5) is 42.3. The largest absolute Gasteiger partial charge is 0.496 e. The Labute approximate surface area is 271 Å². The summed E-state index contributed by atoms with van der Waals surface area (Å²) in [5, 5.41) is 5.78. The molecule has 1 atom stereocenters. The number of methoxy groups -OCH3 is 2. The maximum Gasteiger partial charge on any atom is 0.258 e. The second-order valence-electron chi connectivity index (χ2n) is 11.7. The van der Waals surface area contributed by atoms with Crippen LogP contribution in [0.5, 0.6) is 28.7 Å². The fourth-order valence-corrected chi connectivity index (χ4v) is 5.54. The number of aryl methyl sites for hydroxylation is 1. The number of likely N-dealkylation sites (N-methyl/N-ethyl adjacent to an activating group) is 1. The topological polar surface area (TPSA) is 128 Å². The monoisotopic (exact) mass is 640 g/mol. The van der Waals surface area contributed by atoms with Crippen molar-refractivity contribution < 1.29 is 38.1 Å². The molecule has 2 aliphatic rings. The SMILES string of the molecule is COc1cc2c(cc1CN1CCCCN(C)C(=O)[C@H](C)NC(=O)COc3cc(ccc3OC)CCC(=O)NCCC1)OCCCO2. The summed E-state index contributed by atoms with van der Waals surface area (Å²) < 4.78 is 28.6. The van der Waals surface area contributed by atoms with E-state index in [1.807, 2.05) is 18.2 Å². The van der Waals surface area contributed by atoms with Crippen molar-refractivity contribution in [2.24, 2.45) is 0 Å². The summed E-state index contributed by atoms with van der Waals surface area (Å²) in [6.07, 6.45) is 4.05. The second kappa shape index (κ2) is 17.5. The summed E-state index contributed by atoms with van der Waals surface area (Å²) >= 11 is 0. The Hall–Kier alpha value is -4.19. The van der Waals surface area contributed by atoms with E-state index in [0.717, 1.165) is 61.4 Å². The lowest BCUT2D eigenvalue weighted by atomic mass is 10.1. The van der Waals surface area contributed by atoms with Crippen LogP contribution in [0.4, 0.5) is 0 Å². The van der Waals surface area contributed by atoms with Crippen molar-refractivity contribution in [3.63, 3.8) is 0 Å². The molecule has 12 nitrogen and oxygen atoms in total. The zero-order valence-electron chi connectivity index (χ0n) is 27.5. The summed E-state index contributed by atoms with van der Waals surface area (Å²) in [6.45, 7) is 5.89. The van der Waals surface area contributed by atoms with Gasteiger partial charge in [0.1, 0.15) is 11.8 Å². The van der Waals surface area contributed by atoms with Gasteiger partial charge in [-0.25, -0.2) is 0 Å². The molecule has 252 valence electrons. The number of nitrogens with one attached hydrogen (secondary N) is 2. The van der Waals surface area contributed by atoms with Gasteiger partial charge in [0.25, 0.3) is 5.91 Å². The van der Waals surface area contributed by atoms with Crippen LogP contribution in [0, 0.1) is 0 Å². The van der Waals surface area contributed by atoms with Gasteiger partial charge in [0, 0.05) is 57.7 Å². The predicted molar refractivity (Wildman–Crippen MR) is 173 cm³/mol. The molecule has 2 N–H and O–H groups in total. The van der Waals surface area contributed by atoms with Crippen molar-refractivity contribution in [2.75, 3.05) is 67.3 Å². The number of nitrogens with zero attached hydrogens (tertiary/aromatic N) is 2. The lowest BCUT2D eigenvalue weighted by Gasteiger charge is -2.25. The van der Waals surface area contributed by atoms with Crippen LogP contribution < -0.4 is 34.3 Å². The van der Waals surface area contributed by atoms with Gasteiger partial charge in [0.15, 0.2) is 29.6 Å². The van der Waals surface area contributed by atoms with Crippen LogP contribution in [0.25, 0.3) is 0 Å². The van der Waals surface area contributed by atoms with Gasteiger partial charge in [0.05, 0.1) is 27.4 Å². The Morgan fingerprint density at radius 3 is 2.28 bits per heavy atom. The summed E-state index contributed by atoms with van der Waals surface area (Å²) in [5.74, 6) is 2.42. The number of fused-ring (bicyclic) bond motifs is 3. The summed E-state index contributed by atoms with van der Waals surface area (Å²) in [7, 11) is 4.93. The fourth-order valence-electron chi connectivity index (χ4n) is 5.54. The van der Waals surface area contributed by atoms with Crippen molar-refractivity contribution in [1.82, 2.24) is 20.4 Å². The smallest absolute Gasteiger partial charge is 0.258 e. The molecule has 46 heavy (non-hydrogen) atoms. The van der Waals surface area contributed by atoms with Crippen molar-refractivity contribution in [2.45, 2.75) is 58.0 Å². The van der Waals surface area contributed by atoms with E-state index in [1.54, 1.807) is 38.1 Å². The van der Waals surface area contributed by atoms with Crippen LogP contribution in [-0.4, -0.2) is 101 Å². The minimum absolute atomic E-state index is 0.0300. The molecule has 2 aromatic carbocycles. The number of rotatable bonds is 4. The highest BCUT2D eigenvalue weighted by atomic mass is 16.5. The van der Waals surface area contributed by atoms with Crippen LogP contribution in [0.3, 0.4) is 0 Å². The summed E-state index contributed by atoms with van der Waals surface area (Å²) in [6, 6.07) is 8.60. The molecule has 0 aromatic heterocycles. The highest BCUT2D eigenvalue weighted by Gasteiger charge is 2.21. The Morgan fingerprint density at radius 1 is 0.804 bits per heavy atom. The molecule has 0 radical (unpaired) electrons. The third-order valence-corrected chi connectivity index (χ3v) is 8.09. The minimum Gasteiger partial charge on any atom is -0.496 e. The van der Waals surface area contributed by atoms with Crippen LogP contribution >= 0.6 is 0 Å². The van der Waals surface area contributed by atoms with E-state index < -0.39 is 11.9 Å². The number of carbonyl (C=O) groups is 3. The Morgan fingerprint density at radius 2 is 1.52 bits per heavy atom. The average molecular weight is 641 g/mol. The van der Waals surface area contributed by atoms with Gasteiger partial charge in [-0.3, -0.25) is 19.3 Å². The molecule has 0 fully saturated rings. The Bertz CT molecular complexity index is 1340. The van der Waals surface area contributed by atoms with E-state index in [2.05, 4.69) is 15.5 Å². The number of amides is 3. The number of ether oxygens (including phenoxy) is 5. The van der Waals surface area contributed by atoms with Crippen LogP contribution in [0.1, 0.15) is 50.2 Å². The van der Waals surface area contributed by atoms with Gasteiger partial charge >= 0.3 is 0 Å². The fraction of sp³-hybridized carbons (Fsp3) is 0.559. The van der Waals surface area contributed by atoms with E-state index in [0.29, 0.717) is 62.9 Å². The normalized spacial score (nSPS) is 19.8. The van der Waals surface area contributed by atoms with Crippen molar-refractivity contribution in [1.29, 1.82) is 0 Å². The third kappa shape index (κ3) is 10.2. The van der Waals surface area contributed by atoms with Crippen LogP contribution in [-0.2, 0) is 27.3 Å². The third-order valence-electron chi connectivity index (χ3n) is 8.09. The standard InChI is InChI=1S/C34H48N4O8/c1-24-34(41)37(2)14-5-6-15-38(22-26-20-30-31(21-28(26)43-4)45-18-8-17-44-30)16-7-13-35-32(39)12-10-25-9-11-27(42-3)29(19-25)46-23-33(40)36-24/h9,11,19-21,24H,5-8,10,12-18,22-23H2,1-4H3,(H,35,39)(H,36,40)/t24-/m0/s1. The van der Waals surface area contributed by atoms with E-state index in [1.165, 1.54) is 7.11 Å². The quantitative estimate of drug-likeness (QED) is 0.519. The zero-order valence-corrected chi connectivity index (χ0v) is 27.5.